The van der Waals surface area contributed by atoms with Gasteiger partial charge in [0, 0.05) is 23.8 Å². The van der Waals surface area contributed by atoms with Gasteiger partial charge >= 0.3 is 0 Å². The lowest BCUT2D eigenvalue weighted by Gasteiger charge is -2.23. The number of benzene rings is 1. The van der Waals surface area contributed by atoms with Gasteiger partial charge < -0.3 is 4.90 Å². The molecule has 1 heteroatoms. The minimum Gasteiger partial charge on any atom is -0.347 e. The maximum Gasteiger partial charge on any atom is 0.0482 e. The van der Waals surface area contributed by atoms with Gasteiger partial charge in [-0.15, -0.1) is 0 Å². The standard InChI is InChI=1S/C15H21N/c1-9-8-10(2)13-14(11(9)3)16(7)12(4)15(13,5)6/h8H,4H2,1-3,5-7H3. The van der Waals surface area contributed by atoms with Gasteiger partial charge in [0.25, 0.3) is 0 Å². The fourth-order valence-electron chi connectivity index (χ4n) is 2.97. The highest BCUT2D eigenvalue weighted by Gasteiger charge is 2.39. The molecule has 1 heterocycles. The van der Waals surface area contributed by atoms with Crippen molar-refractivity contribution in [2.75, 3.05) is 11.9 Å². The molecule has 2 rings (SSSR count). The van der Waals surface area contributed by atoms with Crippen LogP contribution in [0.5, 0.6) is 0 Å². The minimum atomic E-state index is 0.0621. The first kappa shape index (κ1) is 11.3. The average Bonchev–Trinajstić information content (AvgIpc) is 2.36. The van der Waals surface area contributed by atoms with Crippen LogP contribution in [0.3, 0.4) is 0 Å². The fourth-order valence-corrected chi connectivity index (χ4v) is 2.97. The van der Waals surface area contributed by atoms with E-state index >= 15 is 0 Å². The second kappa shape index (κ2) is 3.13. The number of nitrogens with zero attached hydrogens (tertiary/aromatic N) is 1. The first-order valence-electron chi connectivity index (χ1n) is 5.83. The van der Waals surface area contributed by atoms with E-state index in [1.165, 1.54) is 33.6 Å². The Kier molecular flexibility index (Phi) is 2.20. The Morgan fingerprint density at radius 3 is 2.25 bits per heavy atom. The summed E-state index contributed by atoms with van der Waals surface area (Å²) in [6.07, 6.45) is 0. The maximum absolute atomic E-state index is 4.24. The lowest BCUT2D eigenvalue weighted by Crippen LogP contribution is -2.21. The van der Waals surface area contributed by atoms with E-state index < -0.39 is 0 Å². The third-order valence-corrected chi connectivity index (χ3v) is 4.10. The van der Waals surface area contributed by atoms with E-state index in [1.54, 1.807) is 0 Å². The van der Waals surface area contributed by atoms with Gasteiger partial charge in [0.1, 0.15) is 0 Å². The van der Waals surface area contributed by atoms with Crippen molar-refractivity contribution in [3.8, 4) is 0 Å². The van der Waals surface area contributed by atoms with E-state index in [4.69, 9.17) is 0 Å². The van der Waals surface area contributed by atoms with E-state index in [1.807, 2.05) is 0 Å². The van der Waals surface area contributed by atoms with Crippen LogP contribution >= 0.6 is 0 Å². The Labute approximate surface area is 98.8 Å². The Balaban J connectivity index is 2.86. The second-order valence-corrected chi connectivity index (χ2v) is 5.49. The Hall–Kier alpha value is -1.24. The molecular formula is C15H21N. The van der Waals surface area contributed by atoms with Gasteiger partial charge in [-0.05, 0) is 43.0 Å². The summed E-state index contributed by atoms with van der Waals surface area (Å²) in [6.45, 7) is 15.4. The molecule has 1 aliphatic rings. The predicted octanol–water partition coefficient (Wildman–Crippen LogP) is 3.85. The zero-order chi connectivity index (χ0) is 12.2. The van der Waals surface area contributed by atoms with Gasteiger partial charge in [-0.1, -0.05) is 26.5 Å². The van der Waals surface area contributed by atoms with E-state index in [-0.39, 0.29) is 5.41 Å². The van der Waals surface area contributed by atoms with Gasteiger partial charge in [0.05, 0.1) is 0 Å². The number of likely N-dealkylation sites (N-methyl/N-ethyl adjacent to an activating group) is 1. The molecule has 0 amide bonds. The number of allylic oxidation sites excluding steroid dienone is 1. The zero-order valence-electron chi connectivity index (χ0n) is 11.2. The first-order chi connectivity index (χ1) is 7.28. The molecule has 0 aromatic heterocycles. The molecule has 0 bridgehead atoms. The molecule has 0 atom stereocenters. The highest BCUT2D eigenvalue weighted by atomic mass is 15.2. The summed E-state index contributed by atoms with van der Waals surface area (Å²) in [6, 6.07) is 2.29. The number of fused-ring (bicyclic) bond motifs is 1. The van der Waals surface area contributed by atoms with Crippen molar-refractivity contribution in [1.82, 2.24) is 0 Å². The molecule has 0 unspecified atom stereocenters. The van der Waals surface area contributed by atoms with Crippen LogP contribution in [-0.2, 0) is 5.41 Å². The van der Waals surface area contributed by atoms with Gasteiger partial charge in [0.15, 0.2) is 0 Å². The van der Waals surface area contributed by atoms with Crippen LogP contribution < -0.4 is 4.90 Å². The Morgan fingerprint density at radius 1 is 1.12 bits per heavy atom. The van der Waals surface area contributed by atoms with E-state index in [2.05, 4.69) is 59.2 Å². The molecule has 0 saturated heterocycles. The van der Waals surface area contributed by atoms with E-state index in [0.29, 0.717) is 0 Å². The minimum absolute atomic E-state index is 0.0621. The van der Waals surface area contributed by atoms with Crippen LogP contribution in [-0.4, -0.2) is 7.05 Å². The number of hydrogen-bond acceptors (Lipinski definition) is 1. The average molecular weight is 215 g/mol. The molecule has 0 fully saturated rings. The predicted molar refractivity (Wildman–Crippen MR) is 71.2 cm³/mol. The van der Waals surface area contributed by atoms with Crippen molar-refractivity contribution in [1.29, 1.82) is 0 Å². The van der Waals surface area contributed by atoms with Gasteiger partial charge in [-0.25, -0.2) is 0 Å². The zero-order valence-corrected chi connectivity index (χ0v) is 11.2. The Morgan fingerprint density at radius 2 is 1.69 bits per heavy atom. The molecule has 0 spiro atoms. The smallest absolute Gasteiger partial charge is 0.0482 e. The van der Waals surface area contributed by atoms with Crippen molar-refractivity contribution < 1.29 is 0 Å². The van der Waals surface area contributed by atoms with Gasteiger partial charge in [-0.2, -0.15) is 0 Å². The molecule has 0 radical (unpaired) electrons. The molecular weight excluding hydrogens is 194 g/mol. The van der Waals surface area contributed by atoms with Crippen LogP contribution in [0, 0.1) is 20.8 Å². The third-order valence-electron chi connectivity index (χ3n) is 4.10. The third kappa shape index (κ3) is 1.17. The molecule has 0 N–H and O–H groups in total. The lowest BCUT2D eigenvalue weighted by atomic mass is 9.80. The van der Waals surface area contributed by atoms with Crippen LogP contribution in [0.1, 0.15) is 36.1 Å². The van der Waals surface area contributed by atoms with Crippen molar-refractivity contribution in [3.05, 3.63) is 40.6 Å². The summed E-state index contributed by atoms with van der Waals surface area (Å²) >= 11 is 0. The van der Waals surface area contributed by atoms with Crippen molar-refractivity contribution in [2.24, 2.45) is 0 Å². The number of hydrogen-bond donors (Lipinski definition) is 0. The molecule has 0 saturated carbocycles. The van der Waals surface area contributed by atoms with Crippen molar-refractivity contribution >= 4 is 5.69 Å². The fraction of sp³-hybridized carbons (Fsp3) is 0.467. The Bertz CT molecular complexity index is 481. The highest BCUT2D eigenvalue weighted by Crippen LogP contribution is 2.49. The van der Waals surface area contributed by atoms with Crippen LogP contribution in [0.4, 0.5) is 5.69 Å². The lowest BCUT2D eigenvalue weighted by molar-refractivity contribution is 0.639. The quantitative estimate of drug-likeness (QED) is 0.635. The topological polar surface area (TPSA) is 3.24 Å². The summed E-state index contributed by atoms with van der Waals surface area (Å²) in [5.41, 5.74) is 8.21. The monoisotopic (exact) mass is 215 g/mol. The highest BCUT2D eigenvalue weighted by molar-refractivity contribution is 5.75. The van der Waals surface area contributed by atoms with E-state index in [0.717, 1.165) is 0 Å². The largest absolute Gasteiger partial charge is 0.347 e. The normalized spacial score (nSPS) is 17.9. The summed E-state index contributed by atoms with van der Waals surface area (Å²) in [7, 11) is 2.13. The number of aryl methyl sites for hydroxylation is 2. The molecule has 16 heavy (non-hydrogen) atoms. The van der Waals surface area contributed by atoms with Gasteiger partial charge in [0.2, 0.25) is 0 Å². The summed E-state index contributed by atoms with van der Waals surface area (Å²) < 4.78 is 0. The van der Waals surface area contributed by atoms with E-state index in [9.17, 15) is 0 Å². The molecule has 0 aliphatic carbocycles. The van der Waals surface area contributed by atoms with Crippen LogP contribution in [0.25, 0.3) is 0 Å². The van der Waals surface area contributed by atoms with Crippen molar-refractivity contribution in [2.45, 2.75) is 40.0 Å². The van der Waals surface area contributed by atoms with Gasteiger partial charge in [-0.3, -0.25) is 0 Å². The second-order valence-electron chi connectivity index (χ2n) is 5.49. The molecule has 1 aliphatic heterocycles. The van der Waals surface area contributed by atoms with Crippen LogP contribution in [0.2, 0.25) is 0 Å². The summed E-state index contributed by atoms with van der Waals surface area (Å²) in [5, 5.41) is 0. The molecule has 86 valence electrons. The first-order valence-corrected chi connectivity index (χ1v) is 5.83. The molecule has 1 aromatic rings. The van der Waals surface area contributed by atoms with Crippen LogP contribution in [0.15, 0.2) is 18.3 Å². The summed E-state index contributed by atoms with van der Waals surface area (Å²) in [5.74, 6) is 0. The maximum atomic E-state index is 4.24. The summed E-state index contributed by atoms with van der Waals surface area (Å²) in [4.78, 5) is 2.25. The SMILES string of the molecule is C=C1N(C)c2c(C)c(C)cc(C)c2C1(C)C. The number of rotatable bonds is 0. The number of anilines is 1. The molecule has 1 nitrogen and oxygen atoms in total. The van der Waals surface area contributed by atoms with Crippen molar-refractivity contribution in [3.63, 3.8) is 0 Å². The molecule has 1 aromatic carbocycles.